The molecule has 2 atom stereocenters. The lowest BCUT2D eigenvalue weighted by Gasteiger charge is -2.36. The van der Waals surface area contributed by atoms with Crippen molar-refractivity contribution in [2.75, 3.05) is 13.1 Å². The number of likely N-dealkylation sites (tertiary alicyclic amines) is 1. The van der Waals surface area contributed by atoms with Gasteiger partial charge in [-0.3, -0.25) is 4.90 Å². The number of nitrogens with one attached hydrogen (secondary N) is 1. The number of ether oxygens (including phenoxy) is 1. The Balaban J connectivity index is 1.80. The van der Waals surface area contributed by atoms with E-state index in [4.69, 9.17) is 4.74 Å². The highest BCUT2D eigenvalue weighted by Crippen LogP contribution is 2.14. The second-order valence-electron chi connectivity index (χ2n) is 5.78. The molecule has 21 heavy (non-hydrogen) atoms. The quantitative estimate of drug-likeness (QED) is 0.887. The van der Waals surface area contributed by atoms with E-state index in [2.05, 4.69) is 22.3 Å². The third kappa shape index (κ3) is 5.02. The Labute approximate surface area is 125 Å². The normalized spacial score (nSPS) is 23.0. The summed E-state index contributed by atoms with van der Waals surface area (Å²) in [4.78, 5) is 13.8. The molecule has 2 N–H and O–H groups in total. The number of carbonyl (C=O) groups excluding carboxylic acids is 1. The van der Waals surface area contributed by atoms with Crippen molar-refractivity contribution in [2.45, 2.75) is 45.1 Å². The van der Waals surface area contributed by atoms with Gasteiger partial charge < -0.3 is 15.2 Å². The second-order valence-corrected chi connectivity index (χ2v) is 5.78. The first-order chi connectivity index (χ1) is 10.0. The van der Waals surface area contributed by atoms with Crippen molar-refractivity contribution < 1.29 is 14.6 Å². The smallest absolute Gasteiger partial charge is 0.407 e. The largest absolute Gasteiger partial charge is 0.447 e. The fourth-order valence-corrected chi connectivity index (χ4v) is 2.55. The molecule has 0 saturated carbocycles. The highest BCUT2D eigenvalue weighted by Gasteiger charge is 2.29. The zero-order chi connectivity index (χ0) is 15.2. The zero-order valence-electron chi connectivity index (χ0n) is 12.7. The van der Waals surface area contributed by atoms with Crippen LogP contribution in [0.25, 0.3) is 0 Å². The molecule has 1 fully saturated rings. The Morgan fingerprint density at radius 2 is 2.14 bits per heavy atom. The molecule has 1 saturated heterocycles. The van der Waals surface area contributed by atoms with Crippen LogP contribution in [0.1, 0.15) is 25.8 Å². The number of aliphatic hydroxyl groups is 1. The molecule has 116 valence electrons. The predicted octanol–water partition coefficient (Wildman–Crippen LogP) is 1.76. The molecule has 0 aromatic heterocycles. The first kappa shape index (κ1) is 15.8. The van der Waals surface area contributed by atoms with E-state index in [0.29, 0.717) is 6.54 Å². The van der Waals surface area contributed by atoms with Crippen molar-refractivity contribution in [3.8, 4) is 0 Å². The van der Waals surface area contributed by atoms with E-state index >= 15 is 0 Å². The van der Waals surface area contributed by atoms with Gasteiger partial charge in [0, 0.05) is 19.6 Å². The third-order valence-corrected chi connectivity index (χ3v) is 3.56. The minimum Gasteiger partial charge on any atom is -0.447 e. The molecule has 1 aromatic rings. The lowest BCUT2D eigenvalue weighted by Crippen LogP contribution is -2.54. The van der Waals surface area contributed by atoms with E-state index in [1.165, 1.54) is 5.56 Å². The molecule has 0 spiro atoms. The lowest BCUT2D eigenvalue weighted by atomic mass is 10.0. The lowest BCUT2D eigenvalue weighted by molar-refractivity contribution is 0.0316. The molecule has 1 aliphatic heterocycles. The van der Waals surface area contributed by atoms with Gasteiger partial charge in [0.25, 0.3) is 0 Å². The molecular weight excluding hydrogens is 268 g/mol. The summed E-state index contributed by atoms with van der Waals surface area (Å²) in [6, 6.07) is 9.95. The monoisotopic (exact) mass is 292 g/mol. The highest BCUT2D eigenvalue weighted by molar-refractivity contribution is 5.67. The molecule has 1 aliphatic rings. The average Bonchev–Trinajstić information content (AvgIpc) is 2.42. The van der Waals surface area contributed by atoms with Crippen molar-refractivity contribution in [3.63, 3.8) is 0 Å². The minimum atomic E-state index is -0.567. The van der Waals surface area contributed by atoms with Crippen LogP contribution in [-0.4, -0.2) is 47.4 Å². The van der Waals surface area contributed by atoms with Crippen LogP contribution in [0, 0.1) is 0 Å². The van der Waals surface area contributed by atoms with Gasteiger partial charge in [0.2, 0.25) is 0 Å². The summed E-state index contributed by atoms with van der Waals surface area (Å²) in [7, 11) is 0. The molecule has 0 bridgehead atoms. The fraction of sp³-hybridized carbons (Fsp3) is 0.562. The second kappa shape index (κ2) is 7.43. The van der Waals surface area contributed by atoms with E-state index in [1.807, 2.05) is 18.2 Å². The summed E-state index contributed by atoms with van der Waals surface area (Å²) in [5.74, 6) is 0. The predicted molar refractivity (Wildman–Crippen MR) is 80.9 cm³/mol. The molecular formula is C16H24N2O3. The zero-order valence-corrected chi connectivity index (χ0v) is 12.7. The van der Waals surface area contributed by atoms with Crippen molar-refractivity contribution in [3.05, 3.63) is 35.9 Å². The van der Waals surface area contributed by atoms with Crippen molar-refractivity contribution in [1.29, 1.82) is 0 Å². The number of β-amino-alcohol motifs (C(OH)–C–C–N with tert-alkyl or cyclic N) is 1. The van der Waals surface area contributed by atoms with Gasteiger partial charge >= 0.3 is 6.09 Å². The Bertz CT molecular complexity index is 450. The van der Waals surface area contributed by atoms with Crippen LogP contribution in [0.3, 0.4) is 0 Å². The molecule has 1 heterocycles. The van der Waals surface area contributed by atoms with Crippen LogP contribution in [0.4, 0.5) is 4.79 Å². The van der Waals surface area contributed by atoms with E-state index < -0.39 is 12.2 Å². The number of hydrogen-bond donors (Lipinski definition) is 2. The summed E-state index contributed by atoms with van der Waals surface area (Å²) >= 11 is 0. The molecule has 0 unspecified atom stereocenters. The number of alkyl carbamates (subject to hydrolysis) is 1. The van der Waals surface area contributed by atoms with Crippen LogP contribution in [0.2, 0.25) is 0 Å². The van der Waals surface area contributed by atoms with Crippen molar-refractivity contribution in [2.24, 2.45) is 0 Å². The Kier molecular flexibility index (Phi) is 5.59. The maximum Gasteiger partial charge on any atom is 0.407 e. The number of amides is 1. The number of nitrogens with zero attached hydrogens (tertiary/aromatic N) is 1. The third-order valence-electron chi connectivity index (χ3n) is 3.56. The van der Waals surface area contributed by atoms with Gasteiger partial charge in [0.05, 0.1) is 18.2 Å². The first-order valence-corrected chi connectivity index (χ1v) is 7.46. The highest BCUT2D eigenvalue weighted by atomic mass is 16.6. The van der Waals surface area contributed by atoms with Gasteiger partial charge in [-0.15, -0.1) is 0 Å². The summed E-state index contributed by atoms with van der Waals surface area (Å²) in [6.07, 6.45) is -0.450. The van der Waals surface area contributed by atoms with Gasteiger partial charge in [-0.2, -0.15) is 0 Å². The summed E-state index contributed by atoms with van der Waals surface area (Å²) in [5.41, 5.74) is 1.23. The van der Waals surface area contributed by atoms with Gasteiger partial charge in [0.1, 0.15) is 0 Å². The topological polar surface area (TPSA) is 61.8 Å². The van der Waals surface area contributed by atoms with E-state index in [0.717, 1.165) is 19.5 Å². The first-order valence-electron chi connectivity index (χ1n) is 7.46. The van der Waals surface area contributed by atoms with Gasteiger partial charge in [0.15, 0.2) is 0 Å². The molecule has 0 aliphatic carbocycles. The molecule has 1 aromatic carbocycles. The van der Waals surface area contributed by atoms with Gasteiger partial charge in [-0.25, -0.2) is 4.79 Å². The Morgan fingerprint density at radius 3 is 2.76 bits per heavy atom. The van der Waals surface area contributed by atoms with Crippen LogP contribution in [0.5, 0.6) is 0 Å². The standard InChI is InChI=1S/C16H24N2O3/c1-12(2)21-16(20)17-14-8-9-18(11-15(14)19)10-13-6-4-3-5-7-13/h3-7,12,14-15,19H,8-11H2,1-2H3,(H,17,20)/t14-,15-/m1/s1. The summed E-state index contributed by atoms with van der Waals surface area (Å²) in [5, 5.41) is 12.9. The maximum atomic E-state index is 11.6. The number of hydrogen-bond acceptors (Lipinski definition) is 4. The van der Waals surface area contributed by atoms with Gasteiger partial charge in [-0.1, -0.05) is 30.3 Å². The molecule has 5 heteroatoms. The molecule has 0 radical (unpaired) electrons. The summed E-state index contributed by atoms with van der Waals surface area (Å²) < 4.78 is 5.05. The van der Waals surface area contributed by atoms with Crippen LogP contribution >= 0.6 is 0 Å². The van der Waals surface area contributed by atoms with Crippen molar-refractivity contribution in [1.82, 2.24) is 10.2 Å². The molecule has 1 amide bonds. The Morgan fingerprint density at radius 1 is 1.43 bits per heavy atom. The molecule has 2 rings (SSSR count). The Hall–Kier alpha value is -1.59. The number of carbonyl (C=O) groups is 1. The van der Waals surface area contributed by atoms with Crippen molar-refractivity contribution >= 4 is 6.09 Å². The number of benzene rings is 1. The number of aliphatic hydroxyl groups excluding tert-OH is 1. The molecule has 5 nitrogen and oxygen atoms in total. The van der Waals surface area contributed by atoms with Crippen LogP contribution < -0.4 is 5.32 Å². The van der Waals surface area contributed by atoms with Gasteiger partial charge in [-0.05, 0) is 25.8 Å². The summed E-state index contributed by atoms with van der Waals surface area (Å²) in [6.45, 7) is 5.83. The average molecular weight is 292 g/mol. The maximum absolute atomic E-state index is 11.6. The van der Waals surface area contributed by atoms with E-state index in [9.17, 15) is 9.90 Å². The SMILES string of the molecule is CC(C)OC(=O)N[C@@H]1CCN(Cc2ccccc2)C[C@H]1O. The van der Waals surface area contributed by atoms with E-state index in [1.54, 1.807) is 13.8 Å². The van der Waals surface area contributed by atoms with Crippen LogP contribution in [0.15, 0.2) is 30.3 Å². The van der Waals surface area contributed by atoms with Crippen LogP contribution in [-0.2, 0) is 11.3 Å². The van der Waals surface area contributed by atoms with E-state index in [-0.39, 0.29) is 12.1 Å². The number of piperidine rings is 1. The number of rotatable bonds is 4. The fourth-order valence-electron chi connectivity index (χ4n) is 2.55. The minimum absolute atomic E-state index is 0.152.